The lowest BCUT2D eigenvalue weighted by molar-refractivity contribution is 0.0632. The van der Waals surface area contributed by atoms with Crippen molar-refractivity contribution in [2.75, 3.05) is 13.7 Å². The molecule has 0 radical (unpaired) electrons. The Labute approximate surface area is 109 Å². The van der Waals surface area contributed by atoms with Crippen LogP contribution in [-0.2, 0) is 11.3 Å². The van der Waals surface area contributed by atoms with Crippen molar-refractivity contribution in [1.29, 1.82) is 0 Å². The van der Waals surface area contributed by atoms with Gasteiger partial charge in [0.2, 0.25) is 5.78 Å². The predicted molar refractivity (Wildman–Crippen MR) is 67.0 cm³/mol. The monoisotopic (exact) mass is 304 g/mol. The second-order valence-electron chi connectivity index (χ2n) is 4.11. The van der Waals surface area contributed by atoms with Crippen LogP contribution in [0, 0.1) is 5.92 Å². The number of rotatable bonds is 6. The fourth-order valence-electron chi connectivity index (χ4n) is 1.40. The van der Waals surface area contributed by atoms with Gasteiger partial charge >= 0.3 is 0 Å². The summed E-state index contributed by atoms with van der Waals surface area (Å²) in [4.78, 5) is 12.1. The number of ketones is 1. The number of aliphatic hydroxyl groups is 1. The number of methoxy groups -OCH3 is 1. The molecule has 0 aliphatic heterocycles. The molecule has 0 saturated carbocycles. The van der Waals surface area contributed by atoms with Gasteiger partial charge in [0, 0.05) is 7.11 Å². The summed E-state index contributed by atoms with van der Waals surface area (Å²) in [5.74, 6) is -0.444. The highest BCUT2D eigenvalue weighted by atomic mass is 79.9. The van der Waals surface area contributed by atoms with Crippen molar-refractivity contribution in [3.8, 4) is 0 Å². The van der Waals surface area contributed by atoms with Gasteiger partial charge in [-0.25, -0.2) is 0 Å². The molecule has 0 saturated heterocycles. The Kier molecular flexibility index (Phi) is 5.30. The van der Waals surface area contributed by atoms with Gasteiger partial charge in [-0.3, -0.25) is 9.48 Å². The second-order valence-corrected chi connectivity index (χ2v) is 4.96. The van der Waals surface area contributed by atoms with E-state index in [-0.39, 0.29) is 11.7 Å². The van der Waals surface area contributed by atoms with Gasteiger partial charge in [0.05, 0.1) is 23.8 Å². The third-order valence-electron chi connectivity index (χ3n) is 2.44. The first kappa shape index (κ1) is 14.3. The summed E-state index contributed by atoms with van der Waals surface area (Å²) in [7, 11) is 1.59. The highest BCUT2D eigenvalue weighted by molar-refractivity contribution is 9.10. The van der Waals surface area contributed by atoms with Gasteiger partial charge < -0.3 is 9.84 Å². The number of halogens is 1. The van der Waals surface area contributed by atoms with E-state index in [1.54, 1.807) is 31.8 Å². The van der Waals surface area contributed by atoms with E-state index < -0.39 is 6.10 Å². The number of nitrogens with zero attached hydrogens (tertiary/aromatic N) is 2. The van der Waals surface area contributed by atoms with Gasteiger partial charge in [-0.05, 0) is 21.8 Å². The minimum atomic E-state index is -1.01. The Morgan fingerprint density at radius 2 is 2.29 bits per heavy atom. The minimum absolute atomic E-state index is 0.125. The number of carbonyl (C=O) groups is 1. The number of aliphatic hydroxyl groups excluding tert-OH is 1. The fraction of sp³-hybridized carbons (Fsp3) is 0.636. The lowest BCUT2D eigenvalue weighted by atomic mass is 10.0. The summed E-state index contributed by atoms with van der Waals surface area (Å²) >= 11 is 3.27. The quantitative estimate of drug-likeness (QED) is 0.809. The Bertz CT molecular complexity index is 390. The first-order valence-corrected chi connectivity index (χ1v) is 6.20. The Hall–Kier alpha value is -0.720. The van der Waals surface area contributed by atoms with Crippen molar-refractivity contribution in [3.05, 3.63) is 16.4 Å². The first-order chi connectivity index (χ1) is 7.99. The zero-order chi connectivity index (χ0) is 13.0. The largest absolute Gasteiger partial charge is 0.385 e. The van der Waals surface area contributed by atoms with Crippen LogP contribution in [0.25, 0.3) is 0 Å². The molecule has 1 atom stereocenters. The Morgan fingerprint density at radius 3 is 2.82 bits per heavy atom. The molecule has 0 bridgehead atoms. The number of ether oxygens (including phenoxy) is 1. The second kappa shape index (κ2) is 6.28. The maximum absolute atomic E-state index is 12.1. The number of carbonyl (C=O) groups excluding carboxylic acids is 1. The van der Waals surface area contributed by atoms with Crippen LogP contribution in [0.5, 0.6) is 0 Å². The SMILES string of the molecule is COCCn1ncc(Br)c1C(=O)C(O)C(C)C. The average Bonchev–Trinajstić information content (AvgIpc) is 2.65. The molecule has 0 spiro atoms. The van der Waals surface area contributed by atoms with E-state index >= 15 is 0 Å². The van der Waals surface area contributed by atoms with Crippen molar-refractivity contribution in [1.82, 2.24) is 9.78 Å². The molecular formula is C11H17BrN2O3. The molecule has 1 rings (SSSR count). The lowest BCUT2D eigenvalue weighted by Gasteiger charge is -2.14. The van der Waals surface area contributed by atoms with Crippen molar-refractivity contribution >= 4 is 21.7 Å². The van der Waals surface area contributed by atoms with Gasteiger partial charge in [-0.1, -0.05) is 13.8 Å². The third kappa shape index (κ3) is 3.37. The molecule has 0 aliphatic carbocycles. The fourth-order valence-corrected chi connectivity index (χ4v) is 1.89. The summed E-state index contributed by atoms with van der Waals surface area (Å²) in [6.07, 6.45) is 0.542. The van der Waals surface area contributed by atoms with Crippen LogP contribution in [0.15, 0.2) is 10.7 Å². The molecule has 0 fully saturated rings. The molecule has 17 heavy (non-hydrogen) atoms. The molecule has 1 unspecified atom stereocenters. The van der Waals surface area contributed by atoms with E-state index in [0.717, 1.165) is 0 Å². The van der Waals surface area contributed by atoms with Gasteiger partial charge in [-0.2, -0.15) is 5.10 Å². The number of hydrogen-bond donors (Lipinski definition) is 1. The minimum Gasteiger partial charge on any atom is -0.385 e. The van der Waals surface area contributed by atoms with E-state index in [9.17, 15) is 9.90 Å². The maximum atomic E-state index is 12.1. The van der Waals surface area contributed by atoms with Crippen molar-refractivity contribution < 1.29 is 14.6 Å². The molecule has 1 aromatic rings. The van der Waals surface area contributed by atoms with Crippen molar-refractivity contribution in [2.45, 2.75) is 26.5 Å². The summed E-state index contributed by atoms with van der Waals surface area (Å²) in [6.45, 7) is 4.54. The van der Waals surface area contributed by atoms with Crippen molar-refractivity contribution in [3.63, 3.8) is 0 Å². The summed E-state index contributed by atoms with van der Waals surface area (Å²) in [5, 5.41) is 13.9. The zero-order valence-corrected chi connectivity index (χ0v) is 11.8. The summed E-state index contributed by atoms with van der Waals surface area (Å²) in [6, 6.07) is 0. The summed E-state index contributed by atoms with van der Waals surface area (Å²) in [5.41, 5.74) is 0.392. The van der Waals surface area contributed by atoms with Crippen LogP contribution in [0.4, 0.5) is 0 Å². The molecule has 1 heterocycles. The van der Waals surface area contributed by atoms with Crippen molar-refractivity contribution in [2.24, 2.45) is 5.92 Å². The lowest BCUT2D eigenvalue weighted by Crippen LogP contribution is -2.29. The normalized spacial score (nSPS) is 13.1. The van der Waals surface area contributed by atoms with Crippen LogP contribution in [0.2, 0.25) is 0 Å². The standard InChI is InChI=1S/C11H17BrN2O3/c1-7(2)10(15)11(16)9-8(12)6-13-14(9)4-5-17-3/h6-7,10,15H,4-5H2,1-3H3. The Morgan fingerprint density at radius 1 is 1.65 bits per heavy atom. The zero-order valence-electron chi connectivity index (χ0n) is 10.2. The van der Waals surface area contributed by atoms with E-state index in [0.29, 0.717) is 23.3 Å². The molecule has 1 N–H and O–H groups in total. The van der Waals surface area contributed by atoms with Crippen LogP contribution in [0.3, 0.4) is 0 Å². The molecule has 6 heteroatoms. The molecule has 5 nitrogen and oxygen atoms in total. The van der Waals surface area contributed by atoms with Gasteiger partial charge in [0.1, 0.15) is 11.8 Å². The summed E-state index contributed by atoms with van der Waals surface area (Å²) < 4.78 is 7.09. The van der Waals surface area contributed by atoms with E-state index in [1.807, 2.05) is 0 Å². The molecule has 0 amide bonds. The maximum Gasteiger partial charge on any atom is 0.210 e. The molecule has 1 aromatic heterocycles. The molecule has 0 aliphatic rings. The van der Waals surface area contributed by atoms with Gasteiger partial charge in [-0.15, -0.1) is 0 Å². The van der Waals surface area contributed by atoms with Gasteiger partial charge in [0.25, 0.3) is 0 Å². The van der Waals surface area contributed by atoms with Gasteiger partial charge in [0.15, 0.2) is 0 Å². The van der Waals surface area contributed by atoms with Crippen LogP contribution < -0.4 is 0 Å². The van der Waals surface area contributed by atoms with Crippen LogP contribution >= 0.6 is 15.9 Å². The van der Waals surface area contributed by atoms with Crippen LogP contribution in [-0.4, -0.2) is 40.5 Å². The van der Waals surface area contributed by atoms with E-state index in [1.165, 1.54) is 0 Å². The number of hydrogen-bond acceptors (Lipinski definition) is 4. The van der Waals surface area contributed by atoms with E-state index in [4.69, 9.17) is 4.74 Å². The predicted octanol–water partition coefficient (Wildman–Crippen LogP) is 1.49. The molecular weight excluding hydrogens is 288 g/mol. The first-order valence-electron chi connectivity index (χ1n) is 5.41. The molecule has 0 aromatic carbocycles. The topological polar surface area (TPSA) is 64.4 Å². The average molecular weight is 305 g/mol. The Balaban J connectivity index is 2.95. The smallest absolute Gasteiger partial charge is 0.210 e. The number of Topliss-reactive ketones (excluding diaryl/α,β-unsaturated/α-hetero) is 1. The highest BCUT2D eigenvalue weighted by Gasteiger charge is 2.26. The van der Waals surface area contributed by atoms with Crippen LogP contribution in [0.1, 0.15) is 24.3 Å². The van der Waals surface area contributed by atoms with E-state index in [2.05, 4.69) is 21.0 Å². The third-order valence-corrected chi connectivity index (χ3v) is 3.02. The number of aromatic nitrogens is 2. The molecule has 96 valence electrons. The highest BCUT2D eigenvalue weighted by Crippen LogP contribution is 2.20.